The molecule has 0 aliphatic heterocycles. The van der Waals surface area contributed by atoms with Crippen molar-refractivity contribution in [2.45, 2.75) is 33.3 Å². The summed E-state index contributed by atoms with van der Waals surface area (Å²) in [6, 6.07) is 14.2. The normalized spacial score (nSPS) is 11.3. The molecule has 0 heterocycles. The van der Waals surface area contributed by atoms with Gasteiger partial charge in [-0.05, 0) is 43.5 Å². The maximum Gasteiger partial charge on any atom is 0.125 e. The third-order valence-electron chi connectivity index (χ3n) is 3.66. The van der Waals surface area contributed by atoms with Gasteiger partial charge in [0.1, 0.15) is 5.75 Å². The molecular weight excluding hydrogens is 262 g/mol. The molecule has 1 N–H and O–H groups in total. The lowest BCUT2D eigenvalue weighted by Gasteiger charge is -2.16. The van der Waals surface area contributed by atoms with Crippen LogP contribution in [0.15, 0.2) is 36.4 Å². The molecular formula is C18H21NO2. The van der Waals surface area contributed by atoms with Crippen LogP contribution in [0, 0.1) is 16.7 Å². The average Bonchev–Trinajstić information content (AvgIpc) is 2.51. The van der Waals surface area contributed by atoms with E-state index in [-0.39, 0.29) is 12.0 Å². The predicted molar refractivity (Wildman–Crippen MR) is 84.0 cm³/mol. The van der Waals surface area contributed by atoms with Crippen LogP contribution in [0.5, 0.6) is 5.75 Å². The molecule has 0 aliphatic carbocycles. The van der Waals surface area contributed by atoms with Crippen molar-refractivity contribution in [3.63, 3.8) is 0 Å². The van der Waals surface area contributed by atoms with Gasteiger partial charge in [-0.15, -0.1) is 0 Å². The second-order valence-electron chi connectivity index (χ2n) is 5.87. The number of hydrogen-bond donors (Lipinski definition) is 1. The summed E-state index contributed by atoms with van der Waals surface area (Å²) in [6.07, 6.45) is 1.61. The van der Waals surface area contributed by atoms with Crippen molar-refractivity contribution in [2.24, 2.45) is 5.41 Å². The van der Waals surface area contributed by atoms with Crippen molar-refractivity contribution in [3.05, 3.63) is 42.0 Å². The standard InChI is InChI=1S/C18H21NO2/c1-18(2,13-19)10-5-11-21-17-9-8-14-6-3-4-7-15(14)16(17)12-20/h3-4,6-9,20H,5,10-12H2,1-2H3. The summed E-state index contributed by atoms with van der Waals surface area (Å²) in [5.74, 6) is 0.728. The lowest BCUT2D eigenvalue weighted by Crippen LogP contribution is -2.10. The van der Waals surface area contributed by atoms with Crippen molar-refractivity contribution in [2.75, 3.05) is 6.61 Å². The summed E-state index contributed by atoms with van der Waals surface area (Å²) >= 11 is 0. The molecule has 0 saturated heterocycles. The number of aliphatic hydroxyl groups is 1. The van der Waals surface area contributed by atoms with Crippen LogP contribution in [0.25, 0.3) is 10.8 Å². The highest BCUT2D eigenvalue weighted by Crippen LogP contribution is 2.28. The van der Waals surface area contributed by atoms with E-state index in [1.807, 2.05) is 50.2 Å². The minimum absolute atomic E-state index is 0.0413. The Kier molecular flexibility index (Phi) is 4.82. The Bertz CT molecular complexity index is 656. The summed E-state index contributed by atoms with van der Waals surface area (Å²) in [6.45, 7) is 4.38. The molecule has 3 heteroatoms. The van der Waals surface area contributed by atoms with Gasteiger partial charge in [-0.3, -0.25) is 0 Å². The maximum absolute atomic E-state index is 9.62. The number of rotatable bonds is 6. The van der Waals surface area contributed by atoms with E-state index in [2.05, 4.69) is 6.07 Å². The molecule has 0 amide bonds. The fourth-order valence-electron chi connectivity index (χ4n) is 2.37. The molecule has 0 atom stereocenters. The van der Waals surface area contributed by atoms with E-state index in [9.17, 15) is 5.11 Å². The maximum atomic E-state index is 9.62. The highest BCUT2D eigenvalue weighted by molar-refractivity contribution is 5.87. The van der Waals surface area contributed by atoms with E-state index in [0.29, 0.717) is 6.61 Å². The monoisotopic (exact) mass is 283 g/mol. The van der Waals surface area contributed by atoms with Gasteiger partial charge in [-0.1, -0.05) is 30.3 Å². The number of ether oxygens (including phenoxy) is 1. The van der Waals surface area contributed by atoms with Crippen molar-refractivity contribution >= 4 is 10.8 Å². The molecule has 21 heavy (non-hydrogen) atoms. The molecule has 0 saturated carbocycles. The Morgan fingerprint density at radius 1 is 1.19 bits per heavy atom. The number of fused-ring (bicyclic) bond motifs is 1. The third-order valence-corrected chi connectivity index (χ3v) is 3.66. The molecule has 0 unspecified atom stereocenters. The van der Waals surface area contributed by atoms with Gasteiger partial charge in [0.25, 0.3) is 0 Å². The van der Waals surface area contributed by atoms with E-state index in [0.717, 1.165) is 34.9 Å². The summed E-state index contributed by atoms with van der Waals surface area (Å²) in [4.78, 5) is 0. The van der Waals surface area contributed by atoms with Crippen LogP contribution in [-0.2, 0) is 6.61 Å². The van der Waals surface area contributed by atoms with Gasteiger partial charge in [-0.25, -0.2) is 0 Å². The van der Waals surface area contributed by atoms with Crippen LogP contribution in [-0.4, -0.2) is 11.7 Å². The van der Waals surface area contributed by atoms with Gasteiger partial charge in [0, 0.05) is 5.56 Å². The fraction of sp³-hybridized carbons (Fsp3) is 0.389. The molecule has 0 bridgehead atoms. The first kappa shape index (κ1) is 15.3. The molecule has 2 aromatic rings. The van der Waals surface area contributed by atoms with Crippen LogP contribution >= 0.6 is 0 Å². The van der Waals surface area contributed by atoms with Gasteiger partial charge in [0.15, 0.2) is 0 Å². The first-order chi connectivity index (χ1) is 10.1. The van der Waals surface area contributed by atoms with Crippen molar-refractivity contribution in [1.82, 2.24) is 0 Å². The van der Waals surface area contributed by atoms with Crippen molar-refractivity contribution in [1.29, 1.82) is 5.26 Å². The van der Waals surface area contributed by atoms with Gasteiger partial charge in [0.05, 0.1) is 24.7 Å². The zero-order valence-corrected chi connectivity index (χ0v) is 12.6. The van der Waals surface area contributed by atoms with Crippen LogP contribution in [0.3, 0.4) is 0 Å². The molecule has 0 fully saturated rings. The number of nitriles is 1. The molecule has 2 rings (SSSR count). The highest BCUT2D eigenvalue weighted by atomic mass is 16.5. The van der Waals surface area contributed by atoms with Crippen LogP contribution in [0.2, 0.25) is 0 Å². The Morgan fingerprint density at radius 2 is 1.95 bits per heavy atom. The molecule has 110 valence electrons. The number of aliphatic hydroxyl groups excluding tert-OH is 1. The van der Waals surface area contributed by atoms with Gasteiger partial charge >= 0.3 is 0 Å². The summed E-state index contributed by atoms with van der Waals surface area (Å²) in [7, 11) is 0. The van der Waals surface area contributed by atoms with E-state index >= 15 is 0 Å². The van der Waals surface area contributed by atoms with Crippen LogP contribution < -0.4 is 4.74 Å². The van der Waals surface area contributed by atoms with E-state index in [1.54, 1.807) is 0 Å². The highest BCUT2D eigenvalue weighted by Gasteiger charge is 2.16. The Labute approximate surface area is 125 Å². The van der Waals surface area contributed by atoms with Crippen molar-refractivity contribution < 1.29 is 9.84 Å². The SMILES string of the molecule is CC(C)(C#N)CCCOc1ccc2ccccc2c1CO. The smallest absolute Gasteiger partial charge is 0.125 e. The fourth-order valence-corrected chi connectivity index (χ4v) is 2.37. The van der Waals surface area contributed by atoms with Crippen molar-refractivity contribution in [3.8, 4) is 11.8 Å². The molecule has 3 nitrogen and oxygen atoms in total. The summed E-state index contributed by atoms with van der Waals surface area (Å²) < 4.78 is 5.81. The second-order valence-corrected chi connectivity index (χ2v) is 5.87. The zero-order valence-electron chi connectivity index (χ0n) is 12.6. The summed E-state index contributed by atoms with van der Waals surface area (Å²) in [5, 5.41) is 20.7. The topological polar surface area (TPSA) is 53.2 Å². The zero-order chi connectivity index (χ0) is 15.3. The number of benzene rings is 2. The quantitative estimate of drug-likeness (QED) is 0.814. The van der Waals surface area contributed by atoms with Gasteiger partial charge in [0.2, 0.25) is 0 Å². The first-order valence-electron chi connectivity index (χ1n) is 7.23. The van der Waals surface area contributed by atoms with E-state index in [1.165, 1.54) is 0 Å². The Morgan fingerprint density at radius 3 is 2.67 bits per heavy atom. The summed E-state index contributed by atoms with van der Waals surface area (Å²) in [5.41, 5.74) is 0.514. The van der Waals surface area contributed by atoms with Gasteiger partial charge < -0.3 is 9.84 Å². The average molecular weight is 283 g/mol. The molecule has 0 aromatic heterocycles. The lowest BCUT2D eigenvalue weighted by molar-refractivity contribution is 0.255. The third kappa shape index (κ3) is 3.74. The number of hydrogen-bond acceptors (Lipinski definition) is 3. The van der Waals surface area contributed by atoms with E-state index < -0.39 is 0 Å². The predicted octanol–water partition coefficient (Wildman–Crippen LogP) is 4.04. The van der Waals surface area contributed by atoms with Gasteiger partial charge in [-0.2, -0.15) is 5.26 Å². The second kappa shape index (κ2) is 6.60. The van der Waals surface area contributed by atoms with Crippen LogP contribution in [0.1, 0.15) is 32.3 Å². The Balaban J connectivity index is 2.07. The number of nitrogens with zero attached hydrogens (tertiary/aromatic N) is 1. The molecule has 0 radical (unpaired) electrons. The first-order valence-corrected chi connectivity index (χ1v) is 7.23. The minimum Gasteiger partial charge on any atom is -0.493 e. The lowest BCUT2D eigenvalue weighted by atomic mass is 9.90. The Hall–Kier alpha value is -2.05. The molecule has 2 aromatic carbocycles. The van der Waals surface area contributed by atoms with Crippen LogP contribution in [0.4, 0.5) is 0 Å². The molecule has 0 spiro atoms. The largest absolute Gasteiger partial charge is 0.493 e. The van der Waals surface area contributed by atoms with E-state index in [4.69, 9.17) is 10.00 Å². The minimum atomic E-state index is -0.313. The molecule has 0 aliphatic rings.